The number of hydrogen-bond donors (Lipinski definition) is 7. The summed E-state index contributed by atoms with van der Waals surface area (Å²) in [4.78, 5) is 53.5. The fourth-order valence-electron chi connectivity index (χ4n) is 4.14. The van der Waals surface area contributed by atoms with Gasteiger partial charge in [-0.25, -0.2) is 4.79 Å². The lowest BCUT2D eigenvalue weighted by Gasteiger charge is -2.25. The van der Waals surface area contributed by atoms with Crippen LogP contribution >= 0.6 is 11.8 Å². The van der Waals surface area contributed by atoms with E-state index in [1.807, 2.05) is 30.5 Å². The molecule has 0 radical (unpaired) electrons. The van der Waals surface area contributed by atoms with Gasteiger partial charge in [-0.2, -0.15) is 11.8 Å². The maximum Gasteiger partial charge on any atom is 0.328 e. The summed E-state index contributed by atoms with van der Waals surface area (Å²) in [7, 11) is 0. The zero-order valence-corrected chi connectivity index (χ0v) is 20.9. The first kappa shape index (κ1) is 27.5. The van der Waals surface area contributed by atoms with E-state index in [1.54, 1.807) is 6.20 Å². The van der Waals surface area contributed by atoms with E-state index in [4.69, 9.17) is 0 Å². The van der Waals surface area contributed by atoms with Crippen molar-refractivity contribution in [3.05, 3.63) is 36.0 Å². The van der Waals surface area contributed by atoms with E-state index in [9.17, 15) is 29.4 Å². The van der Waals surface area contributed by atoms with Crippen LogP contribution in [0.3, 0.4) is 0 Å². The highest BCUT2D eigenvalue weighted by atomic mass is 32.2. The summed E-state index contributed by atoms with van der Waals surface area (Å²) in [6.45, 7) is -0.0577. The molecule has 3 amide bonds. The largest absolute Gasteiger partial charge is 0.480 e. The molecule has 0 saturated carbocycles. The molecule has 1 saturated heterocycles. The molecule has 11 nitrogen and oxygen atoms in total. The predicted octanol–water partition coefficient (Wildman–Crippen LogP) is -0.253. The number of hydrogen-bond acceptors (Lipinski definition) is 7. The van der Waals surface area contributed by atoms with Gasteiger partial charge in [-0.1, -0.05) is 18.2 Å². The maximum atomic E-state index is 13.3. The molecule has 4 atom stereocenters. The number of benzene rings is 1. The first-order chi connectivity index (χ1) is 17.3. The van der Waals surface area contributed by atoms with E-state index in [-0.39, 0.29) is 18.4 Å². The number of rotatable bonds is 13. The van der Waals surface area contributed by atoms with Crippen LogP contribution in [0, 0.1) is 0 Å². The Morgan fingerprint density at radius 1 is 1.08 bits per heavy atom. The molecule has 1 aliphatic heterocycles. The van der Waals surface area contributed by atoms with Gasteiger partial charge in [0.15, 0.2) is 0 Å². The fourth-order valence-corrected chi connectivity index (χ4v) is 4.62. The molecule has 36 heavy (non-hydrogen) atoms. The number of carboxylic acid groups (broad SMARTS) is 1. The van der Waals surface area contributed by atoms with E-state index < -0.39 is 42.5 Å². The van der Waals surface area contributed by atoms with Crippen molar-refractivity contribution in [2.24, 2.45) is 0 Å². The molecule has 7 N–H and O–H groups in total. The molecule has 1 fully saturated rings. The predicted molar refractivity (Wildman–Crippen MR) is 137 cm³/mol. The van der Waals surface area contributed by atoms with Gasteiger partial charge in [0.1, 0.15) is 18.1 Å². The van der Waals surface area contributed by atoms with Gasteiger partial charge < -0.3 is 36.5 Å². The van der Waals surface area contributed by atoms with Crippen LogP contribution in [0.25, 0.3) is 10.9 Å². The highest BCUT2D eigenvalue weighted by molar-refractivity contribution is 7.98. The SMILES string of the molecule is CSCCC(NC(=O)C1CCCN1)C(=O)NC(Cc1c[nH]c2ccccc12)C(=O)NC(CO)C(=O)O. The maximum absolute atomic E-state index is 13.3. The Balaban J connectivity index is 1.80. The number of carbonyl (C=O) groups excluding carboxylic acids is 3. The number of nitrogens with one attached hydrogen (secondary N) is 5. The molecule has 2 aromatic rings. The van der Waals surface area contributed by atoms with Crippen molar-refractivity contribution in [3.63, 3.8) is 0 Å². The van der Waals surface area contributed by atoms with Crippen LogP contribution in [0.4, 0.5) is 0 Å². The summed E-state index contributed by atoms with van der Waals surface area (Å²) >= 11 is 1.53. The number of thioether (sulfide) groups is 1. The minimum absolute atomic E-state index is 0.0761. The summed E-state index contributed by atoms with van der Waals surface area (Å²) in [5.74, 6) is -2.33. The van der Waals surface area contributed by atoms with Crippen molar-refractivity contribution < 1.29 is 29.4 Å². The third-order valence-electron chi connectivity index (χ3n) is 6.15. The molecule has 2 heterocycles. The van der Waals surface area contributed by atoms with Crippen LogP contribution < -0.4 is 21.3 Å². The van der Waals surface area contributed by atoms with E-state index in [0.29, 0.717) is 18.6 Å². The molecule has 4 unspecified atom stereocenters. The molecule has 0 aliphatic carbocycles. The van der Waals surface area contributed by atoms with Crippen LogP contribution in [0.15, 0.2) is 30.5 Å². The Morgan fingerprint density at radius 2 is 1.81 bits per heavy atom. The van der Waals surface area contributed by atoms with E-state index >= 15 is 0 Å². The van der Waals surface area contributed by atoms with Crippen molar-refractivity contribution in [3.8, 4) is 0 Å². The number of amides is 3. The minimum Gasteiger partial charge on any atom is -0.480 e. The van der Waals surface area contributed by atoms with Gasteiger partial charge in [0.2, 0.25) is 17.7 Å². The number of H-pyrrole nitrogens is 1. The molecule has 196 valence electrons. The number of aliphatic hydroxyl groups is 1. The van der Waals surface area contributed by atoms with Gasteiger partial charge in [0.05, 0.1) is 12.6 Å². The standard InChI is InChI=1S/C24H33N5O6S/c1-36-10-8-18(27-21(31)17-7-4-9-25-17)22(32)28-19(23(33)29-20(13-30)24(34)35)11-14-12-26-16-6-3-2-5-15(14)16/h2-3,5-6,12,17-20,25-26,30H,4,7-11,13H2,1H3,(H,27,31)(H,28,32)(H,29,33)(H,34,35). The fraction of sp³-hybridized carbons (Fsp3) is 0.500. The van der Waals surface area contributed by atoms with Gasteiger partial charge in [-0.05, 0) is 49.4 Å². The number of aromatic amines is 1. The lowest BCUT2D eigenvalue weighted by molar-refractivity contribution is -0.143. The molecule has 0 spiro atoms. The highest BCUT2D eigenvalue weighted by Gasteiger charge is 2.31. The Kier molecular flexibility index (Phi) is 10.1. The number of aromatic nitrogens is 1. The molecule has 1 aliphatic rings. The summed E-state index contributed by atoms with van der Waals surface area (Å²) in [5, 5.41) is 30.4. The summed E-state index contributed by atoms with van der Waals surface area (Å²) < 4.78 is 0. The van der Waals surface area contributed by atoms with Crippen molar-refractivity contribution in [2.75, 3.05) is 25.2 Å². The normalized spacial score (nSPS) is 17.8. The van der Waals surface area contributed by atoms with Crippen LogP contribution in [-0.4, -0.2) is 88.2 Å². The molecule has 1 aromatic heterocycles. The number of fused-ring (bicyclic) bond motifs is 1. The van der Waals surface area contributed by atoms with Crippen molar-refractivity contribution >= 4 is 46.4 Å². The molecule has 1 aromatic carbocycles. The summed E-state index contributed by atoms with van der Waals surface area (Å²) in [6, 6.07) is 3.60. The van der Waals surface area contributed by atoms with Crippen LogP contribution in [-0.2, 0) is 25.6 Å². The molecule has 0 bridgehead atoms. The second kappa shape index (κ2) is 13.3. The summed E-state index contributed by atoms with van der Waals surface area (Å²) in [6.07, 6.45) is 5.63. The van der Waals surface area contributed by atoms with E-state index in [0.717, 1.165) is 29.4 Å². The first-order valence-corrected chi connectivity index (χ1v) is 13.3. The van der Waals surface area contributed by atoms with E-state index in [1.165, 1.54) is 11.8 Å². The Morgan fingerprint density at radius 3 is 2.47 bits per heavy atom. The number of aliphatic hydroxyl groups excluding tert-OH is 1. The highest BCUT2D eigenvalue weighted by Crippen LogP contribution is 2.19. The lowest BCUT2D eigenvalue weighted by Crippen LogP contribution is -2.58. The van der Waals surface area contributed by atoms with Gasteiger partial charge >= 0.3 is 5.97 Å². The number of para-hydroxylation sites is 1. The van der Waals surface area contributed by atoms with Crippen molar-refractivity contribution in [1.29, 1.82) is 0 Å². The molecule has 12 heteroatoms. The van der Waals surface area contributed by atoms with E-state index in [2.05, 4.69) is 26.3 Å². The van der Waals surface area contributed by atoms with Gasteiger partial charge in [-0.3, -0.25) is 14.4 Å². The first-order valence-electron chi connectivity index (χ1n) is 11.9. The second-order valence-corrected chi connectivity index (χ2v) is 9.68. The zero-order chi connectivity index (χ0) is 26.1. The molecular formula is C24H33N5O6S. The lowest BCUT2D eigenvalue weighted by atomic mass is 10.0. The Bertz CT molecular complexity index is 1070. The number of carbonyl (C=O) groups is 4. The molecule has 3 rings (SSSR count). The quantitative estimate of drug-likeness (QED) is 0.190. The average molecular weight is 520 g/mol. The van der Waals surface area contributed by atoms with Crippen LogP contribution in [0.5, 0.6) is 0 Å². The number of carboxylic acids is 1. The monoisotopic (exact) mass is 519 g/mol. The Hall–Kier alpha value is -3.09. The van der Waals surface area contributed by atoms with Gasteiger partial charge in [0, 0.05) is 23.5 Å². The topological polar surface area (TPSA) is 173 Å². The Labute approximate surface area is 213 Å². The second-order valence-electron chi connectivity index (χ2n) is 8.70. The van der Waals surface area contributed by atoms with Crippen molar-refractivity contribution in [1.82, 2.24) is 26.3 Å². The van der Waals surface area contributed by atoms with Crippen LogP contribution in [0.1, 0.15) is 24.8 Å². The van der Waals surface area contributed by atoms with Gasteiger partial charge in [-0.15, -0.1) is 0 Å². The smallest absolute Gasteiger partial charge is 0.328 e. The van der Waals surface area contributed by atoms with Crippen molar-refractivity contribution in [2.45, 2.75) is 49.9 Å². The average Bonchev–Trinajstić information content (AvgIpc) is 3.55. The van der Waals surface area contributed by atoms with Crippen LogP contribution in [0.2, 0.25) is 0 Å². The zero-order valence-electron chi connectivity index (χ0n) is 20.1. The molecular weight excluding hydrogens is 486 g/mol. The number of aliphatic carboxylic acids is 1. The summed E-state index contributed by atoms with van der Waals surface area (Å²) in [5.41, 5.74) is 1.60. The third kappa shape index (κ3) is 7.21. The van der Waals surface area contributed by atoms with Gasteiger partial charge in [0.25, 0.3) is 0 Å². The third-order valence-corrected chi connectivity index (χ3v) is 6.79. The minimum atomic E-state index is -1.51.